The number of thioether (sulfide) groups is 1. The number of amides is 1. The molecule has 2 rings (SSSR count). The van der Waals surface area contributed by atoms with Gasteiger partial charge in [0.1, 0.15) is 0 Å². The molecule has 0 heterocycles. The van der Waals surface area contributed by atoms with Crippen molar-refractivity contribution in [3.05, 3.63) is 65.2 Å². The minimum atomic E-state index is -1.08. The Morgan fingerprint density at radius 2 is 1.64 bits per heavy atom. The fourth-order valence-corrected chi connectivity index (χ4v) is 3.00. The Morgan fingerprint density at radius 3 is 2.32 bits per heavy atom. The van der Waals surface area contributed by atoms with Crippen LogP contribution in [0.3, 0.4) is 0 Å². The number of para-hydroxylation sites is 1. The van der Waals surface area contributed by atoms with Gasteiger partial charge in [-0.25, -0.2) is 4.79 Å². The van der Waals surface area contributed by atoms with Crippen LogP contribution in [0.15, 0.2) is 48.5 Å². The molecule has 2 aromatic rings. The van der Waals surface area contributed by atoms with Crippen LogP contribution in [0.5, 0.6) is 0 Å². The van der Waals surface area contributed by atoms with Crippen LogP contribution in [0.4, 0.5) is 5.69 Å². The topological polar surface area (TPSA) is 83.5 Å². The molecule has 2 N–H and O–H groups in total. The number of hydrogen-bond acceptors (Lipinski definition) is 4. The first-order chi connectivity index (χ1) is 12.0. The van der Waals surface area contributed by atoms with Crippen molar-refractivity contribution in [3.8, 4) is 0 Å². The second-order valence-corrected chi connectivity index (χ2v) is 6.60. The molecule has 0 atom stereocenters. The van der Waals surface area contributed by atoms with Gasteiger partial charge >= 0.3 is 5.97 Å². The number of carboxylic acid groups (broad SMARTS) is 1. The lowest BCUT2D eigenvalue weighted by Crippen LogP contribution is -2.15. The molecular formula is C19H19NO4S. The van der Waals surface area contributed by atoms with Crippen molar-refractivity contribution in [2.45, 2.75) is 25.5 Å². The molecule has 1 amide bonds. The SMILES string of the molecule is CC(=O)SCc1ccccc1CCC(=O)Nc1ccccc1C(=O)O. The van der Waals surface area contributed by atoms with Crippen molar-refractivity contribution in [2.24, 2.45) is 0 Å². The lowest BCUT2D eigenvalue weighted by Gasteiger charge is -2.10. The Kier molecular flexibility index (Phi) is 6.77. The number of nitrogens with one attached hydrogen (secondary N) is 1. The molecule has 130 valence electrons. The number of aromatic carboxylic acids is 1. The molecule has 5 nitrogen and oxygen atoms in total. The lowest BCUT2D eigenvalue weighted by atomic mass is 10.0. The third kappa shape index (κ3) is 5.76. The van der Waals surface area contributed by atoms with Crippen molar-refractivity contribution >= 4 is 34.4 Å². The molecule has 0 fully saturated rings. The average molecular weight is 357 g/mol. The highest BCUT2D eigenvalue weighted by Crippen LogP contribution is 2.19. The quantitative estimate of drug-likeness (QED) is 0.789. The van der Waals surface area contributed by atoms with Crippen molar-refractivity contribution in [1.29, 1.82) is 0 Å². The predicted molar refractivity (Wildman–Crippen MR) is 98.8 cm³/mol. The van der Waals surface area contributed by atoms with Crippen molar-refractivity contribution in [1.82, 2.24) is 0 Å². The summed E-state index contributed by atoms with van der Waals surface area (Å²) in [6.07, 6.45) is 0.755. The van der Waals surface area contributed by atoms with Crippen LogP contribution in [0.2, 0.25) is 0 Å². The molecule has 0 unspecified atom stereocenters. The zero-order valence-corrected chi connectivity index (χ0v) is 14.6. The van der Waals surface area contributed by atoms with Crippen LogP contribution in [0.1, 0.15) is 34.8 Å². The highest BCUT2D eigenvalue weighted by atomic mass is 32.2. The first-order valence-electron chi connectivity index (χ1n) is 7.79. The number of rotatable bonds is 7. The number of carbonyl (C=O) groups excluding carboxylic acids is 2. The molecular weight excluding hydrogens is 338 g/mol. The van der Waals surface area contributed by atoms with E-state index in [-0.39, 0.29) is 23.0 Å². The summed E-state index contributed by atoms with van der Waals surface area (Å²) in [6.45, 7) is 1.53. The molecule has 0 radical (unpaired) electrons. The molecule has 0 aliphatic rings. The van der Waals surface area contributed by atoms with E-state index >= 15 is 0 Å². The normalized spacial score (nSPS) is 10.3. The second-order valence-electron chi connectivity index (χ2n) is 5.45. The van der Waals surface area contributed by atoms with Gasteiger partial charge in [0.25, 0.3) is 0 Å². The Morgan fingerprint density at radius 1 is 1.00 bits per heavy atom. The molecule has 0 aliphatic carbocycles. The summed E-state index contributed by atoms with van der Waals surface area (Å²) in [7, 11) is 0. The van der Waals surface area contributed by atoms with E-state index in [1.54, 1.807) is 18.2 Å². The van der Waals surface area contributed by atoms with E-state index in [9.17, 15) is 14.4 Å². The zero-order chi connectivity index (χ0) is 18.2. The molecule has 0 spiro atoms. The molecule has 0 bridgehead atoms. The van der Waals surface area contributed by atoms with E-state index in [1.807, 2.05) is 24.3 Å². The molecule has 0 saturated carbocycles. The van der Waals surface area contributed by atoms with E-state index in [1.165, 1.54) is 24.8 Å². The van der Waals surface area contributed by atoms with E-state index in [0.717, 1.165) is 11.1 Å². The predicted octanol–water partition coefficient (Wildman–Crippen LogP) is 3.74. The minimum absolute atomic E-state index is 0.0535. The monoisotopic (exact) mass is 357 g/mol. The third-order valence-electron chi connectivity index (χ3n) is 3.60. The van der Waals surface area contributed by atoms with Gasteiger partial charge in [0.2, 0.25) is 5.91 Å². The highest BCUT2D eigenvalue weighted by Gasteiger charge is 2.12. The number of hydrogen-bond donors (Lipinski definition) is 2. The number of aryl methyl sites for hydroxylation is 1. The lowest BCUT2D eigenvalue weighted by molar-refractivity contribution is -0.116. The van der Waals surface area contributed by atoms with E-state index in [2.05, 4.69) is 5.32 Å². The van der Waals surface area contributed by atoms with Crippen molar-refractivity contribution in [3.63, 3.8) is 0 Å². The van der Waals surface area contributed by atoms with Gasteiger partial charge in [-0.3, -0.25) is 9.59 Å². The zero-order valence-electron chi connectivity index (χ0n) is 13.8. The van der Waals surface area contributed by atoms with Gasteiger partial charge < -0.3 is 10.4 Å². The number of anilines is 1. The summed E-state index contributed by atoms with van der Waals surface area (Å²) in [5.74, 6) is -0.750. The summed E-state index contributed by atoms with van der Waals surface area (Å²) in [4.78, 5) is 34.5. The number of benzene rings is 2. The molecule has 2 aromatic carbocycles. The van der Waals surface area contributed by atoms with Gasteiger partial charge in [-0.15, -0.1) is 0 Å². The van der Waals surface area contributed by atoms with Gasteiger partial charge in [0.05, 0.1) is 11.3 Å². The van der Waals surface area contributed by atoms with Gasteiger partial charge in [0.15, 0.2) is 5.12 Å². The summed E-state index contributed by atoms with van der Waals surface area (Å²) >= 11 is 1.24. The maximum Gasteiger partial charge on any atom is 0.337 e. The summed E-state index contributed by atoms with van der Waals surface area (Å²) in [5.41, 5.74) is 2.40. The molecule has 6 heteroatoms. The van der Waals surface area contributed by atoms with E-state index in [4.69, 9.17) is 5.11 Å². The minimum Gasteiger partial charge on any atom is -0.478 e. The second kappa shape index (κ2) is 9.03. The van der Waals surface area contributed by atoms with Crippen molar-refractivity contribution in [2.75, 3.05) is 5.32 Å². The Balaban J connectivity index is 1.99. The first kappa shape index (κ1) is 18.7. The summed E-state index contributed by atoms with van der Waals surface area (Å²) in [5, 5.41) is 11.9. The van der Waals surface area contributed by atoms with Crippen molar-refractivity contribution < 1.29 is 19.5 Å². The van der Waals surface area contributed by atoms with Gasteiger partial charge in [-0.1, -0.05) is 48.2 Å². The van der Waals surface area contributed by atoms with Crippen LogP contribution < -0.4 is 5.32 Å². The van der Waals surface area contributed by atoms with E-state index < -0.39 is 5.97 Å². The van der Waals surface area contributed by atoms with Crippen LogP contribution in [-0.2, 0) is 21.8 Å². The molecule has 25 heavy (non-hydrogen) atoms. The fourth-order valence-electron chi connectivity index (χ4n) is 2.36. The standard InChI is InChI=1S/C19H19NO4S/c1-13(21)25-12-15-7-3-2-6-14(15)10-11-18(22)20-17-9-5-4-8-16(17)19(23)24/h2-9H,10-12H2,1H3,(H,20,22)(H,23,24). The van der Waals surface area contributed by atoms with Crippen LogP contribution in [0, 0.1) is 0 Å². The van der Waals surface area contributed by atoms with E-state index in [0.29, 0.717) is 17.9 Å². The third-order valence-corrected chi connectivity index (χ3v) is 4.46. The van der Waals surface area contributed by atoms with Crippen LogP contribution in [0.25, 0.3) is 0 Å². The Hall–Kier alpha value is -2.60. The summed E-state index contributed by atoms with van der Waals surface area (Å²) in [6, 6.07) is 14.0. The average Bonchev–Trinajstić information content (AvgIpc) is 2.59. The number of carboxylic acids is 1. The smallest absolute Gasteiger partial charge is 0.337 e. The maximum atomic E-state index is 12.2. The van der Waals surface area contributed by atoms with Gasteiger partial charge in [0, 0.05) is 19.1 Å². The Bertz CT molecular complexity index is 788. The molecule has 0 saturated heterocycles. The summed E-state index contributed by atoms with van der Waals surface area (Å²) < 4.78 is 0. The maximum absolute atomic E-state index is 12.2. The van der Waals surface area contributed by atoms with Crippen LogP contribution in [-0.4, -0.2) is 22.1 Å². The Labute approximate surface area is 150 Å². The number of carbonyl (C=O) groups is 3. The fraction of sp³-hybridized carbons (Fsp3) is 0.211. The first-order valence-corrected chi connectivity index (χ1v) is 8.78. The molecule has 0 aromatic heterocycles. The van der Waals surface area contributed by atoms with Gasteiger partial charge in [-0.05, 0) is 29.7 Å². The molecule has 0 aliphatic heterocycles. The van der Waals surface area contributed by atoms with Gasteiger partial charge in [-0.2, -0.15) is 0 Å². The van der Waals surface area contributed by atoms with Crippen LogP contribution >= 0.6 is 11.8 Å². The highest BCUT2D eigenvalue weighted by molar-refractivity contribution is 8.12. The largest absolute Gasteiger partial charge is 0.478 e.